The number of fused-ring (bicyclic) bond motifs is 1. The number of amides is 3. The Bertz CT molecular complexity index is 1190. The maximum absolute atomic E-state index is 13.9. The fraction of sp³-hybridized carbons (Fsp3) is 0.200. The number of ether oxygens (including phenoxy) is 2. The molecule has 1 atom stereocenters. The molecule has 6 nitrogen and oxygen atoms in total. The van der Waals surface area contributed by atoms with Crippen LogP contribution < -0.4 is 14.8 Å². The highest BCUT2D eigenvalue weighted by atomic mass is 16.7. The Kier molecular flexibility index (Phi) is 4.43. The number of hydrogen-bond acceptors (Lipinski definition) is 4. The van der Waals surface area contributed by atoms with Crippen molar-refractivity contribution in [3.63, 3.8) is 0 Å². The highest BCUT2D eigenvalue weighted by molar-refractivity contribution is 6.09. The van der Waals surface area contributed by atoms with E-state index in [1.165, 1.54) is 4.90 Å². The zero-order chi connectivity index (χ0) is 21.6. The maximum Gasteiger partial charge on any atom is 0.325 e. The first-order valence-electron chi connectivity index (χ1n) is 10.1. The molecular formula is C25H22N2O4. The molecule has 1 fully saturated rings. The Morgan fingerprint density at radius 3 is 2.42 bits per heavy atom. The number of urea groups is 1. The van der Waals surface area contributed by atoms with E-state index in [9.17, 15) is 9.59 Å². The Morgan fingerprint density at radius 1 is 0.871 bits per heavy atom. The number of nitrogens with zero attached hydrogens (tertiary/aromatic N) is 1. The summed E-state index contributed by atoms with van der Waals surface area (Å²) < 4.78 is 10.8. The van der Waals surface area contributed by atoms with Gasteiger partial charge in [-0.25, -0.2) is 4.79 Å². The van der Waals surface area contributed by atoms with Crippen molar-refractivity contribution in [3.8, 4) is 11.5 Å². The van der Waals surface area contributed by atoms with Crippen molar-refractivity contribution in [2.24, 2.45) is 0 Å². The molecule has 3 amide bonds. The summed E-state index contributed by atoms with van der Waals surface area (Å²) in [6.45, 7) is 4.34. The topological polar surface area (TPSA) is 67.9 Å². The van der Waals surface area contributed by atoms with Crippen LogP contribution in [0.1, 0.15) is 27.8 Å². The molecule has 3 aromatic rings. The van der Waals surface area contributed by atoms with Gasteiger partial charge in [-0.1, -0.05) is 54.6 Å². The lowest BCUT2D eigenvalue weighted by Gasteiger charge is -2.28. The Labute approximate surface area is 180 Å². The SMILES string of the molecule is Cc1ccc([C@@]2(c3ccccc3)NC(=O)N(Cc3ccc4c(c3)OCO4)C2=O)cc1C. The molecule has 31 heavy (non-hydrogen) atoms. The first kappa shape index (κ1) is 19.2. The second kappa shape index (κ2) is 7.16. The summed E-state index contributed by atoms with van der Waals surface area (Å²) in [5, 5.41) is 3.00. The maximum atomic E-state index is 13.9. The molecule has 3 aromatic carbocycles. The Balaban J connectivity index is 1.57. The van der Waals surface area contributed by atoms with Gasteiger partial charge in [-0.05, 0) is 53.8 Å². The molecule has 2 heterocycles. The van der Waals surface area contributed by atoms with E-state index in [2.05, 4.69) is 5.32 Å². The Morgan fingerprint density at radius 2 is 1.65 bits per heavy atom. The van der Waals surface area contributed by atoms with E-state index >= 15 is 0 Å². The van der Waals surface area contributed by atoms with Crippen LogP contribution in [-0.2, 0) is 16.9 Å². The number of hydrogen-bond donors (Lipinski definition) is 1. The van der Waals surface area contributed by atoms with E-state index in [0.717, 1.165) is 27.8 Å². The van der Waals surface area contributed by atoms with Crippen molar-refractivity contribution in [2.45, 2.75) is 25.9 Å². The second-order valence-electron chi connectivity index (χ2n) is 7.92. The minimum Gasteiger partial charge on any atom is -0.454 e. The molecule has 6 heteroatoms. The van der Waals surface area contributed by atoms with Gasteiger partial charge in [0, 0.05) is 0 Å². The van der Waals surface area contributed by atoms with Gasteiger partial charge in [-0.15, -0.1) is 0 Å². The van der Waals surface area contributed by atoms with E-state index in [-0.39, 0.29) is 19.2 Å². The summed E-state index contributed by atoms with van der Waals surface area (Å²) in [5.41, 5.74) is 3.17. The lowest BCUT2D eigenvalue weighted by molar-refractivity contribution is -0.130. The average Bonchev–Trinajstić information content (AvgIpc) is 3.34. The third-order valence-electron chi connectivity index (χ3n) is 6.03. The first-order valence-corrected chi connectivity index (χ1v) is 10.1. The van der Waals surface area contributed by atoms with Gasteiger partial charge in [0.1, 0.15) is 0 Å². The van der Waals surface area contributed by atoms with Crippen molar-refractivity contribution in [1.29, 1.82) is 0 Å². The number of nitrogens with one attached hydrogen (secondary N) is 1. The van der Waals surface area contributed by atoms with Gasteiger partial charge in [0.25, 0.3) is 5.91 Å². The second-order valence-corrected chi connectivity index (χ2v) is 7.92. The quantitative estimate of drug-likeness (QED) is 0.655. The van der Waals surface area contributed by atoms with Crippen LogP contribution in [0.15, 0.2) is 66.7 Å². The van der Waals surface area contributed by atoms with Crippen LogP contribution in [0, 0.1) is 13.8 Å². The van der Waals surface area contributed by atoms with Gasteiger partial charge < -0.3 is 14.8 Å². The molecule has 1 N–H and O–H groups in total. The molecule has 2 aliphatic rings. The highest BCUT2D eigenvalue weighted by Gasteiger charge is 2.53. The molecule has 0 spiro atoms. The molecule has 1 saturated heterocycles. The smallest absolute Gasteiger partial charge is 0.325 e. The molecule has 0 aliphatic carbocycles. The molecule has 0 aromatic heterocycles. The predicted octanol–water partition coefficient (Wildman–Crippen LogP) is 4.03. The van der Waals surface area contributed by atoms with Crippen molar-refractivity contribution in [3.05, 3.63) is 94.5 Å². The molecule has 0 radical (unpaired) electrons. The monoisotopic (exact) mass is 414 g/mol. The number of carbonyl (C=O) groups excluding carboxylic acids is 2. The normalized spacial score (nSPS) is 19.6. The van der Waals surface area contributed by atoms with Crippen molar-refractivity contribution in [2.75, 3.05) is 6.79 Å². The number of benzene rings is 3. The van der Waals surface area contributed by atoms with E-state index in [4.69, 9.17) is 9.47 Å². The number of aryl methyl sites for hydroxylation is 2. The fourth-order valence-corrected chi connectivity index (χ4v) is 4.16. The number of carbonyl (C=O) groups is 2. The third kappa shape index (κ3) is 3.03. The fourth-order valence-electron chi connectivity index (χ4n) is 4.16. The van der Waals surface area contributed by atoms with Crippen molar-refractivity contribution >= 4 is 11.9 Å². The minimum atomic E-state index is -1.27. The number of rotatable bonds is 4. The molecule has 5 rings (SSSR count). The van der Waals surface area contributed by atoms with Crippen LogP contribution in [0.4, 0.5) is 4.79 Å². The Hall–Kier alpha value is -3.80. The van der Waals surface area contributed by atoms with Crippen LogP contribution in [0.25, 0.3) is 0 Å². The van der Waals surface area contributed by atoms with E-state index < -0.39 is 11.6 Å². The van der Waals surface area contributed by atoms with Gasteiger partial charge in [-0.3, -0.25) is 9.69 Å². The summed E-state index contributed by atoms with van der Waals surface area (Å²) in [5.74, 6) is 0.979. The van der Waals surface area contributed by atoms with Crippen LogP contribution >= 0.6 is 0 Å². The molecule has 2 aliphatic heterocycles. The molecule has 0 bridgehead atoms. The van der Waals surface area contributed by atoms with E-state index in [1.807, 2.05) is 68.4 Å². The zero-order valence-corrected chi connectivity index (χ0v) is 17.3. The molecule has 0 unspecified atom stereocenters. The lowest BCUT2D eigenvalue weighted by Crippen LogP contribution is -2.45. The summed E-state index contributed by atoms with van der Waals surface area (Å²) in [4.78, 5) is 28.2. The summed E-state index contributed by atoms with van der Waals surface area (Å²) in [7, 11) is 0. The zero-order valence-electron chi connectivity index (χ0n) is 17.3. The lowest BCUT2D eigenvalue weighted by atomic mass is 9.81. The highest BCUT2D eigenvalue weighted by Crippen LogP contribution is 2.38. The standard InChI is InChI=1S/C25H22N2O4/c1-16-8-10-20(12-17(16)2)25(19-6-4-3-5-7-19)23(28)27(24(29)26-25)14-18-9-11-21-22(13-18)31-15-30-21/h3-13H,14-15H2,1-2H3,(H,26,29)/t25-/m1/s1. The number of imide groups is 1. The van der Waals surface area contributed by atoms with Crippen molar-refractivity contribution in [1.82, 2.24) is 10.2 Å². The van der Waals surface area contributed by atoms with Crippen LogP contribution in [0.5, 0.6) is 11.5 Å². The van der Waals surface area contributed by atoms with Gasteiger partial charge in [0.2, 0.25) is 6.79 Å². The predicted molar refractivity (Wildman–Crippen MR) is 115 cm³/mol. The van der Waals surface area contributed by atoms with Crippen LogP contribution in [-0.4, -0.2) is 23.6 Å². The largest absolute Gasteiger partial charge is 0.454 e. The van der Waals surface area contributed by atoms with Crippen LogP contribution in [0.2, 0.25) is 0 Å². The van der Waals surface area contributed by atoms with E-state index in [1.54, 1.807) is 12.1 Å². The van der Waals surface area contributed by atoms with Gasteiger partial charge in [0.05, 0.1) is 6.54 Å². The molecule has 156 valence electrons. The first-order chi connectivity index (χ1) is 15.0. The van der Waals surface area contributed by atoms with Crippen molar-refractivity contribution < 1.29 is 19.1 Å². The van der Waals surface area contributed by atoms with Gasteiger partial charge in [-0.2, -0.15) is 0 Å². The van der Waals surface area contributed by atoms with Gasteiger partial charge >= 0.3 is 6.03 Å². The summed E-state index contributed by atoms with van der Waals surface area (Å²) >= 11 is 0. The minimum absolute atomic E-state index is 0.140. The van der Waals surface area contributed by atoms with E-state index in [0.29, 0.717) is 11.5 Å². The summed E-state index contributed by atoms with van der Waals surface area (Å²) in [6, 6.07) is 20.3. The van der Waals surface area contributed by atoms with Crippen LogP contribution in [0.3, 0.4) is 0 Å². The van der Waals surface area contributed by atoms with Gasteiger partial charge in [0.15, 0.2) is 17.0 Å². The molecular weight excluding hydrogens is 392 g/mol. The summed E-state index contributed by atoms with van der Waals surface area (Å²) in [6.07, 6.45) is 0. The molecule has 0 saturated carbocycles. The third-order valence-corrected chi connectivity index (χ3v) is 6.03. The average molecular weight is 414 g/mol.